The summed E-state index contributed by atoms with van der Waals surface area (Å²) in [6.45, 7) is 1.01. The smallest absolute Gasteiger partial charge is 0.230 e. The number of sulfonamides is 1. The fourth-order valence-electron chi connectivity index (χ4n) is 3.62. The third kappa shape index (κ3) is 5.62. The molecule has 1 saturated carbocycles. The summed E-state index contributed by atoms with van der Waals surface area (Å²) < 4.78 is 32.0. The van der Waals surface area contributed by atoms with E-state index in [4.69, 9.17) is 4.74 Å². The lowest BCUT2D eigenvalue weighted by Crippen LogP contribution is -2.40. The average molecular weight is 413 g/mol. The van der Waals surface area contributed by atoms with Crippen molar-refractivity contribution in [1.29, 1.82) is 0 Å². The van der Waals surface area contributed by atoms with Crippen LogP contribution in [-0.2, 0) is 27.8 Å². The maximum Gasteiger partial charge on any atom is 0.230 e. The molecule has 1 aliphatic carbocycles. The number of ether oxygens (including phenoxy) is 1. The molecule has 1 aromatic carbocycles. The highest BCUT2D eigenvalue weighted by Crippen LogP contribution is 2.29. The quantitative estimate of drug-likeness (QED) is 0.708. The van der Waals surface area contributed by atoms with Crippen LogP contribution in [-0.4, -0.2) is 55.6 Å². The van der Waals surface area contributed by atoms with Gasteiger partial charge >= 0.3 is 0 Å². The molecule has 0 atom stereocenters. The number of rotatable bonds is 8. The number of amides is 1. The zero-order valence-corrected chi connectivity index (χ0v) is 17.4. The monoisotopic (exact) mass is 412 g/mol. The van der Waals surface area contributed by atoms with Crippen molar-refractivity contribution in [1.82, 2.24) is 9.62 Å². The van der Waals surface area contributed by atoms with E-state index in [-0.39, 0.29) is 18.2 Å². The Hall–Kier alpha value is -1.25. The van der Waals surface area contributed by atoms with E-state index in [0.717, 1.165) is 16.9 Å². The topological polar surface area (TPSA) is 75.7 Å². The van der Waals surface area contributed by atoms with Gasteiger partial charge in [-0.1, -0.05) is 18.9 Å². The first-order valence-electron chi connectivity index (χ1n) is 9.50. The number of fused-ring (bicyclic) bond motifs is 1. The van der Waals surface area contributed by atoms with Crippen LogP contribution in [0.1, 0.15) is 36.8 Å². The highest BCUT2D eigenvalue weighted by Gasteiger charge is 2.26. The Bertz CT molecular complexity index is 761. The number of nitrogens with zero attached hydrogens (tertiary/aromatic N) is 1. The first-order chi connectivity index (χ1) is 13.0. The lowest BCUT2D eigenvalue weighted by molar-refractivity contribution is -0.118. The fraction of sp³-hybridized carbons (Fsp3) is 0.632. The highest BCUT2D eigenvalue weighted by molar-refractivity contribution is 8.00. The van der Waals surface area contributed by atoms with Crippen LogP contribution in [0.4, 0.5) is 0 Å². The van der Waals surface area contributed by atoms with E-state index in [9.17, 15) is 13.2 Å². The lowest BCUT2D eigenvalue weighted by Gasteiger charge is -2.28. The zero-order chi connectivity index (χ0) is 19.3. The van der Waals surface area contributed by atoms with Crippen LogP contribution in [0, 0.1) is 0 Å². The Morgan fingerprint density at radius 1 is 1.30 bits per heavy atom. The maximum atomic E-state index is 12.6. The molecule has 0 unspecified atom stereocenters. The molecule has 1 aliphatic heterocycles. The van der Waals surface area contributed by atoms with Crippen molar-refractivity contribution in [2.75, 3.05) is 31.7 Å². The zero-order valence-electron chi connectivity index (χ0n) is 15.8. The minimum Gasteiger partial charge on any atom is -0.497 e. The molecule has 0 bridgehead atoms. The molecule has 0 saturated heterocycles. The maximum absolute atomic E-state index is 12.6. The van der Waals surface area contributed by atoms with E-state index in [1.807, 2.05) is 18.2 Å². The molecule has 8 heteroatoms. The Balaban J connectivity index is 1.44. The van der Waals surface area contributed by atoms with E-state index < -0.39 is 10.0 Å². The van der Waals surface area contributed by atoms with Crippen LogP contribution in [0.25, 0.3) is 0 Å². The van der Waals surface area contributed by atoms with Gasteiger partial charge in [0.05, 0.1) is 18.6 Å². The lowest BCUT2D eigenvalue weighted by atomic mass is 10.0. The summed E-state index contributed by atoms with van der Waals surface area (Å²) in [5, 5.41) is 3.34. The van der Waals surface area contributed by atoms with Gasteiger partial charge in [0.25, 0.3) is 0 Å². The van der Waals surface area contributed by atoms with Crippen molar-refractivity contribution < 1.29 is 17.9 Å². The molecular weight excluding hydrogens is 384 g/mol. The average Bonchev–Trinajstić information content (AvgIpc) is 3.19. The fourth-order valence-corrected chi connectivity index (χ4v) is 6.10. The van der Waals surface area contributed by atoms with Gasteiger partial charge in [0.1, 0.15) is 5.75 Å². The molecule has 27 heavy (non-hydrogen) atoms. The van der Waals surface area contributed by atoms with Crippen molar-refractivity contribution in [2.24, 2.45) is 0 Å². The summed E-state index contributed by atoms with van der Waals surface area (Å²) in [5.41, 5.74) is 2.15. The van der Waals surface area contributed by atoms with E-state index >= 15 is 0 Å². The predicted octanol–water partition coefficient (Wildman–Crippen LogP) is 2.18. The molecule has 1 N–H and O–H groups in total. The van der Waals surface area contributed by atoms with E-state index in [1.54, 1.807) is 18.9 Å². The predicted molar refractivity (Wildman–Crippen MR) is 109 cm³/mol. The summed E-state index contributed by atoms with van der Waals surface area (Å²) in [7, 11) is -1.76. The van der Waals surface area contributed by atoms with Crippen LogP contribution in [0.3, 0.4) is 0 Å². The molecule has 6 nitrogen and oxygen atoms in total. The highest BCUT2D eigenvalue weighted by atomic mass is 32.2. The minimum atomic E-state index is -3.39. The molecule has 1 fully saturated rings. The number of thioether (sulfide) groups is 1. The second-order valence-corrected chi connectivity index (χ2v) is 10.5. The number of methoxy groups -OCH3 is 1. The van der Waals surface area contributed by atoms with Gasteiger partial charge in [-0.25, -0.2) is 8.42 Å². The Kier molecular flexibility index (Phi) is 7.05. The first kappa shape index (κ1) is 20.5. The van der Waals surface area contributed by atoms with Crippen LogP contribution >= 0.6 is 11.8 Å². The van der Waals surface area contributed by atoms with E-state index in [2.05, 4.69) is 5.32 Å². The van der Waals surface area contributed by atoms with Crippen molar-refractivity contribution in [2.45, 2.75) is 43.9 Å². The number of hydrogen-bond acceptors (Lipinski definition) is 5. The van der Waals surface area contributed by atoms with Crippen LogP contribution in [0.2, 0.25) is 0 Å². The van der Waals surface area contributed by atoms with Gasteiger partial charge < -0.3 is 10.1 Å². The summed E-state index contributed by atoms with van der Waals surface area (Å²) in [5.74, 6) is 1.09. The second-order valence-electron chi connectivity index (χ2n) is 7.10. The Morgan fingerprint density at radius 3 is 2.81 bits per heavy atom. The standard InChI is InChI=1S/C19H28N2O4S2/c1-25-17-7-6-16-13-21(10-8-15(16)12-17)27(23,24)11-9-20-19(22)14-26-18-4-2-3-5-18/h6-7,12,18H,2-5,8-11,13-14H2,1H3,(H,20,22). The summed E-state index contributed by atoms with van der Waals surface area (Å²) in [4.78, 5) is 11.9. The largest absolute Gasteiger partial charge is 0.497 e. The molecule has 150 valence electrons. The van der Waals surface area contributed by atoms with Gasteiger partial charge in [0, 0.05) is 24.9 Å². The third-order valence-corrected chi connectivity index (χ3v) is 8.41. The SMILES string of the molecule is COc1ccc2c(c1)CCN(S(=O)(=O)CCNC(=O)CSC1CCCC1)C2. The molecule has 3 rings (SSSR count). The van der Waals surface area contributed by atoms with Gasteiger partial charge in [0.15, 0.2) is 0 Å². The molecule has 2 aliphatic rings. The van der Waals surface area contributed by atoms with Gasteiger partial charge in [0.2, 0.25) is 15.9 Å². The van der Waals surface area contributed by atoms with Gasteiger partial charge in [-0.3, -0.25) is 4.79 Å². The molecule has 0 aromatic heterocycles. The summed E-state index contributed by atoms with van der Waals surface area (Å²) >= 11 is 1.69. The Morgan fingerprint density at radius 2 is 2.07 bits per heavy atom. The van der Waals surface area contributed by atoms with Crippen LogP contribution in [0.5, 0.6) is 5.75 Å². The second kappa shape index (κ2) is 9.30. The normalized spacial score (nSPS) is 18.3. The van der Waals surface area contributed by atoms with Gasteiger partial charge in [-0.15, -0.1) is 11.8 Å². The molecule has 0 spiro atoms. The molecular formula is C19H28N2O4S2. The number of hydrogen-bond donors (Lipinski definition) is 1. The Labute approximate surface area is 166 Å². The minimum absolute atomic E-state index is 0.0572. The number of carbonyl (C=O) groups excluding carboxylic acids is 1. The summed E-state index contributed by atoms with van der Waals surface area (Å²) in [6, 6.07) is 5.76. The number of benzene rings is 1. The van der Waals surface area contributed by atoms with E-state index in [1.165, 1.54) is 30.0 Å². The molecule has 1 heterocycles. The molecule has 1 amide bonds. The summed E-state index contributed by atoms with van der Waals surface area (Å²) in [6.07, 6.45) is 5.56. The van der Waals surface area contributed by atoms with Crippen molar-refractivity contribution in [3.63, 3.8) is 0 Å². The number of carbonyl (C=O) groups is 1. The van der Waals surface area contributed by atoms with E-state index in [0.29, 0.717) is 30.5 Å². The molecule has 0 radical (unpaired) electrons. The molecule has 1 aromatic rings. The van der Waals surface area contributed by atoms with Gasteiger partial charge in [-0.05, 0) is 42.5 Å². The van der Waals surface area contributed by atoms with Gasteiger partial charge in [-0.2, -0.15) is 4.31 Å². The first-order valence-corrected chi connectivity index (χ1v) is 12.2. The number of nitrogens with one attached hydrogen (secondary N) is 1. The van der Waals surface area contributed by atoms with Crippen molar-refractivity contribution in [3.8, 4) is 5.75 Å². The third-order valence-electron chi connectivity index (χ3n) is 5.22. The van der Waals surface area contributed by atoms with Crippen LogP contribution < -0.4 is 10.1 Å². The van der Waals surface area contributed by atoms with Crippen LogP contribution in [0.15, 0.2) is 18.2 Å². The van der Waals surface area contributed by atoms with Crippen molar-refractivity contribution >= 4 is 27.7 Å². The van der Waals surface area contributed by atoms with Crippen molar-refractivity contribution in [3.05, 3.63) is 29.3 Å².